The molecular formula is C10H15NO2SSe. The van der Waals surface area contributed by atoms with Crippen LogP contribution in [-0.2, 0) is 10.2 Å². The van der Waals surface area contributed by atoms with Crippen LogP contribution < -0.4 is 3.54 Å². The molecule has 0 aliphatic heterocycles. The summed E-state index contributed by atoms with van der Waals surface area (Å²) in [6, 6.07) is 0. The molecule has 0 aliphatic carbocycles. The Kier molecular flexibility index (Phi) is 4.32. The van der Waals surface area contributed by atoms with Gasteiger partial charge >= 0.3 is 99.5 Å². The second kappa shape index (κ2) is 5.10. The van der Waals surface area contributed by atoms with Crippen LogP contribution in [0, 0.1) is 0 Å². The van der Waals surface area contributed by atoms with Crippen molar-refractivity contribution < 1.29 is 9.53 Å². The van der Waals surface area contributed by atoms with E-state index in [-0.39, 0.29) is 19.9 Å². The van der Waals surface area contributed by atoms with Crippen LogP contribution in [0.15, 0.2) is 9.93 Å². The molecule has 1 aromatic rings. The number of hydrogen-bond donors (Lipinski definition) is 0. The topological polar surface area (TPSA) is 38.7 Å². The van der Waals surface area contributed by atoms with Gasteiger partial charge in [0.2, 0.25) is 0 Å². The quantitative estimate of drug-likeness (QED) is 0.744. The maximum absolute atomic E-state index is 11.1. The van der Waals surface area contributed by atoms with Gasteiger partial charge in [-0.1, -0.05) is 0 Å². The fourth-order valence-corrected chi connectivity index (χ4v) is 4.68. The third-order valence-corrected chi connectivity index (χ3v) is 5.59. The summed E-state index contributed by atoms with van der Waals surface area (Å²) in [5, 5.41) is 0. The summed E-state index contributed by atoms with van der Waals surface area (Å²) < 4.78 is 5.67. The van der Waals surface area contributed by atoms with Crippen LogP contribution in [0.2, 0.25) is 0 Å². The van der Waals surface area contributed by atoms with Gasteiger partial charge in [-0.2, -0.15) is 0 Å². The molecule has 5 heteroatoms. The van der Waals surface area contributed by atoms with E-state index < -0.39 is 6.09 Å². The Morgan fingerprint density at radius 2 is 2.27 bits per heavy atom. The van der Waals surface area contributed by atoms with E-state index >= 15 is 0 Å². The summed E-state index contributed by atoms with van der Waals surface area (Å²) >= 11 is 1.80. The van der Waals surface area contributed by atoms with Gasteiger partial charge < -0.3 is 0 Å². The Morgan fingerprint density at radius 1 is 1.60 bits per heavy atom. The molecule has 0 unspecified atom stereocenters. The van der Waals surface area contributed by atoms with Gasteiger partial charge in [-0.3, -0.25) is 0 Å². The zero-order chi connectivity index (χ0) is 11.5. The summed E-state index contributed by atoms with van der Waals surface area (Å²) in [5.41, 5.74) is 0.151. The molecule has 0 radical (unpaired) electrons. The first kappa shape index (κ1) is 12.7. The number of nitrogens with zero attached hydrogens (tertiary/aromatic N) is 1. The molecule has 0 bridgehead atoms. The molecule has 0 N–H and O–H groups in total. The Hall–Kier alpha value is -0.381. The minimum atomic E-state index is -0.467. The van der Waals surface area contributed by atoms with Gasteiger partial charge in [-0.15, -0.1) is 0 Å². The summed E-state index contributed by atoms with van der Waals surface area (Å²) in [6.45, 7) is 8.65. The van der Waals surface area contributed by atoms with Crippen molar-refractivity contribution in [3.8, 4) is 0 Å². The zero-order valence-electron chi connectivity index (χ0n) is 9.36. The van der Waals surface area contributed by atoms with Crippen molar-refractivity contribution >= 4 is 31.9 Å². The van der Waals surface area contributed by atoms with Gasteiger partial charge in [0.1, 0.15) is 0 Å². The molecule has 1 rings (SSSR count). The van der Waals surface area contributed by atoms with Crippen LogP contribution >= 0.6 is 11.3 Å². The number of amides is 1. The van der Waals surface area contributed by atoms with E-state index in [2.05, 4.69) is 30.7 Å². The molecule has 0 saturated heterocycles. The predicted molar refractivity (Wildman–Crippen MR) is 62.5 cm³/mol. The molecule has 0 aliphatic rings. The molecule has 3 nitrogen and oxygen atoms in total. The van der Waals surface area contributed by atoms with Crippen LogP contribution in [0.5, 0.6) is 0 Å². The Bertz CT molecular complexity index is 400. The fourth-order valence-electron chi connectivity index (χ4n) is 0.855. The van der Waals surface area contributed by atoms with Gasteiger partial charge in [-0.25, -0.2) is 0 Å². The number of hydrogen-bond acceptors (Lipinski definition) is 3. The molecule has 0 fully saturated rings. The molecule has 0 spiro atoms. The second-order valence-corrected chi connectivity index (χ2v) is 7.44. The van der Waals surface area contributed by atoms with Crippen molar-refractivity contribution in [1.82, 2.24) is 0 Å². The molecule has 0 saturated carbocycles. The van der Waals surface area contributed by atoms with Crippen LogP contribution in [0.25, 0.3) is 0 Å². The van der Waals surface area contributed by atoms with Crippen LogP contribution in [0.1, 0.15) is 32.6 Å². The third-order valence-electron chi connectivity index (χ3n) is 1.65. The first-order valence-corrected chi connectivity index (χ1v) is 7.40. The minimum absolute atomic E-state index is 0.151. The van der Waals surface area contributed by atoms with Gasteiger partial charge in [0, 0.05) is 0 Å². The van der Waals surface area contributed by atoms with Gasteiger partial charge in [-0.05, 0) is 0 Å². The summed E-state index contributed by atoms with van der Waals surface area (Å²) in [4.78, 5) is 18.5. The van der Waals surface area contributed by atoms with Crippen molar-refractivity contribution in [3.63, 3.8) is 0 Å². The van der Waals surface area contributed by atoms with Crippen LogP contribution in [0.3, 0.4) is 0 Å². The zero-order valence-corrected chi connectivity index (χ0v) is 11.9. The maximum atomic E-state index is 11.1. The third kappa shape index (κ3) is 3.93. The molecule has 15 heavy (non-hydrogen) atoms. The standard InChI is InChI=1S/C10H15NO2SSe/c1-5-13-8(12)11-9-14-7(6-15-9)10(2,3)4/h6H,5H2,1-4H3/b11-9+. The molecule has 0 aromatic carbocycles. The van der Waals surface area contributed by atoms with Crippen molar-refractivity contribution in [2.75, 3.05) is 6.61 Å². The van der Waals surface area contributed by atoms with E-state index in [0.29, 0.717) is 6.61 Å². The van der Waals surface area contributed by atoms with E-state index in [9.17, 15) is 4.79 Å². The normalized spacial score (nSPS) is 12.9. The molecule has 1 amide bonds. The summed E-state index contributed by atoms with van der Waals surface area (Å²) in [6.07, 6.45) is -0.467. The number of rotatable bonds is 1. The van der Waals surface area contributed by atoms with Gasteiger partial charge in [0.05, 0.1) is 0 Å². The average molecular weight is 292 g/mol. The molecule has 1 aromatic heterocycles. The van der Waals surface area contributed by atoms with Crippen molar-refractivity contribution in [2.45, 2.75) is 33.1 Å². The predicted octanol–water partition coefficient (Wildman–Crippen LogP) is 2.16. The van der Waals surface area contributed by atoms with Gasteiger partial charge in [0.25, 0.3) is 0 Å². The Labute approximate surface area is 99.6 Å². The molecule has 0 atom stereocenters. The van der Waals surface area contributed by atoms with E-state index in [4.69, 9.17) is 4.74 Å². The van der Waals surface area contributed by atoms with Gasteiger partial charge in [0.15, 0.2) is 0 Å². The number of carbonyl (C=O) groups is 1. The average Bonchev–Trinajstić information content (AvgIpc) is 2.52. The number of carbonyl (C=O) groups excluding carboxylic acids is 1. The SMILES string of the molecule is CCOC(=O)/N=c1\sc(C(C)(C)C)c[se]1. The van der Waals surface area contributed by atoms with E-state index in [1.807, 2.05) is 0 Å². The van der Waals surface area contributed by atoms with E-state index in [1.54, 1.807) is 18.3 Å². The second-order valence-electron chi connectivity index (χ2n) is 4.03. The van der Waals surface area contributed by atoms with E-state index in [1.165, 1.54) is 4.88 Å². The molecule has 84 valence electrons. The summed E-state index contributed by atoms with van der Waals surface area (Å²) in [5.74, 6) is 0. The number of ether oxygens (including phenoxy) is 1. The monoisotopic (exact) mass is 293 g/mol. The van der Waals surface area contributed by atoms with Crippen LogP contribution in [0.4, 0.5) is 4.79 Å². The van der Waals surface area contributed by atoms with E-state index in [0.717, 1.165) is 3.54 Å². The van der Waals surface area contributed by atoms with Crippen molar-refractivity contribution in [2.24, 2.45) is 4.99 Å². The Morgan fingerprint density at radius 3 is 2.73 bits per heavy atom. The Balaban J connectivity index is 2.89. The first-order chi connectivity index (χ1) is 6.93. The van der Waals surface area contributed by atoms with Crippen molar-refractivity contribution in [1.29, 1.82) is 0 Å². The molecular weight excluding hydrogens is 277 g/mol. The van der Waals surface area contributed by atoms with Crippen LogP contribution in [-0.4, -0.2) is 27.2 Å². The summed E-state index contributed by atoms with van der Waals surface area (Å²) in [7, 11) is 0. The van der Waals surface area contributed by atoms with Crippen molar-refractivity contribution in [3.05, 3.63) is 13.4 Å². The molecule has 1 heterocycles. The fraction of sp³-hybridized carbons (Fsp3) is 0.600. The first-order valence-electron chi connectivity index (χ1n) is 4.74.